The monoisotopic (exact) mass is 375 g/mol. The number of carboxylic acid groups (broad SMARTS) is 1. The Morgan fingerprint density at radius 2 is 2.11 bits per heavy atom. The molecule has 5 rings (SSSR count). The third-order valence-electron chi connectivity index (χ3n) is 6.04. The maximum absolute atomic E-state index is 11.7. The number of ketones is 1. The molecule has 0 saturated carbocycles. The van der Waals surface area contributed by atoms with E-state index in [0.717, 1.165) is 40.9 Å². The summed E-state index contributed by atoms with van der Waals surface area (Å²) < 4.78 is 6.20. The standard InChI is InChI=1S/C23H21NO4/c1-23(2)17-9-13(10-21(26)27)3-6-18(17)24-8-7-19-16(22(23)24)11-14-4-5-15(25)12-20(14)28-19/h3-6,9,11-12,19H,7-8,10H2,1-2H3,(H,26,27). The summed E-state index contributed by atoms with van der Waals surface area (Å²) in [4.78, 5) is 25.2. The first-order valence-electron chi connectivity index (χ1n) is 9.54. The molecule has 142 valence electrons. The molecular formula is C23H21NO4. The van der Waals surface area contributed by atoms with Crippen LogP contribution in [0.1, 0.15) is 31.4 Å². The van der Waals surface area contributed by atoms with Gasteiger partial charge in [0.05, 0.1) is 6.42 Å². The number of nitrogens with zero attached hydrogens (tertiary/aromatic N) is 1. The van der Waals surface area contributed by atoms with Crippen molar-refractivity contribution in [2.45, 2.75) is 38.2 Å². The number of hydrogen-bond acceptors (Lipinski definition) is 4. The van der Waals surface area contributed by atoms with E-state index in [1.807, 2.05) is 24.3 Å². The topological polar surface area (TPSA) is 66.8 Å². The maximum Gasteiger partial charge on any atom is 0.307 e. The normalized spacial score (nSPS) is 23.9. The van der Waals surface area contributed by atoms with Crippen LogP contribution in [0.25, 0.3) is 0 Å². The fraction of sp³-hybridized carbons (Fsp3) is 0.304. The van der Waals surface area contributed by atoms with Crippen molar-refractivity contribution in [3.8, 4) is 0 Å². The largest absolute Gasteiger partial charge is 0.485 e. The predicted octanol–water partition coefficient (Wildman–Crippen LogP) is 3.42. The van der Waals surface area contributed by atoms with Gasteiger partial charge < -0.3 is 14.7 Å². The predicted molar refractivity (Wildman–Crippen MR) is 105 cm³/mol. The first-order valence-corrected chi connectivity index (χ1v) is 9.54. The van der Waals surface area contributed by atoms with Crippen LogP contribution in [0.5, 0.6) is 0 Å². The molecule has 1 unspecified atom stereocenters. The summed E-state index contributed by atoms with van der Waals surface area (Å²) in [5.74, 6) is -0.202. The number of aliphatic carboxylic acids is 1. The summed E-state index contributed by atoms with van der Waals surface area (Å²) in [5, 5.41) is 9.16. The third kappa shape index (κ3) is 2.39. The summed E-state index contributed by atoms with van der Waals surface area (Å²) in [5.41, 5.74) is 6.16. The third-order valence-corrected chi connectivity index (χ3v) is 6.04. The van der Waals surface area contributed by atoms with Gasteiger partial charge in [0.25, 0.3) is 0 Å². The minimum atomic E-state index is -0.820. The molecule has 0 saturated heterocycles. The van der Waals surface area contributed by atoms with Crippen LogP contribution in [0, 0.1) is 0 Å². The van der Waals surface area contributed by atoms with E-state index in [2.05, 4.69) is 24.8 Å². The van der Waals surface area contributed by atoms with Crippen molar-refractivity contribution in [3.63, 3.8) is 0 Å². The number of carbonyl (C=O) groups excluding carboxylic acids is 1. The summed E-state index contributed by atoms with van der Waals surface area (Å²) >= 11 is 0. The van der Waals surface area contributed by atoms with Crippen LogP contribution in [0.4, 0.5) is 5.69 Å². The molecule has 0 amide bonds. The molecule has 3 aliphatic heterocycles. The number of hydrogen-bond donors (Lipinski definition) is 1. The molecule has 0 spiro atoms. The zero-order chi connectivity index (χ0) is 19.6. The quantitative estimate of drug-likeness (QED) is 0.858. The van der Waals surface area contributed by atoms with Crippen molar-refractivity contribution in [1.82, 2.24) is 0 Å². The van der Waals surface area contributed by atoms with E-state index in [-0.39, 0.29) is 23.7 Å². The van der Waals surface area contributed by atoms with Gasteiger partial charge >= 0.3 is 5.97 Å². The number of fused-ring (bicyclic) bond motifs is 5. The van der Waals surface area contributed by atoms with Crippen LogP contribution in [-0.4, -0.2) is 29.5 Å². The highest BCUT2D eigenvalue weighted by atomic mass is 16.5. The van der Waals surface area contributed by atoms with Gasteiger partial charge in [-0.2, -0.15) is 0 Å². The number of carboxylic acids is 1. The van der Waals surface area contributed by atoms with Gasteiger partial charge in [-0.05, 0) is 35.4 Å². The van der Waals surface area contributed by atoms with E-state index in [9.17, 15) is 9.59 Å². The molecule has 0 radical (unpaired) electrons. The summed E-state index contributed by atoms with van der Waals surface area (Å²) in [6.45, 7) is 5.20. The van der Waals surface area contributed by atoms with Gasteiger partial charge in [-0.15, -0.1) is 0 Å². The molecule has 0 fully saturated rings. The lowest BCUT2D eigenvalue weighted by Crippen LogP contribution is -2.39. The van der Waals surface area contributed by atoms with Gasteiger partial charge in [0.1, 0.15) is 11.9 Å². The van der Waals surface area contributed by atoms with Crippen molar-refractivity contribution in [2.24, 2.45) is 0 Å². The molecule has 1 aromatic rings. The van der Waals surface area contributed by atoms with E-state index in [1.165, 1.54) is 5.70 Å². The van der Waals surface area contributed by atoms with Crippen molar-refractivity contribution in [2.75, 3.05) is 11.4 Å². The van der Waals surface area contributed by atoms with Crippen molar-refractivity contribution in [1.29, 1.82) is 0 Å². The van der Waals surface area contributed by atoms with E-state index in [0.29, 0.717) is 5.76 Å². The summed E-state index contributed by atoms with van der Waals surface area (Å²) in [6, 6.07) is 5.99. The molecule has 1 N–H and O–H groups in total. The Morgan fingerprint density at radius 1 is 1.29 bits per heavy atom. The maximum atomic E-state index is 11.7. The van der Waals surface area contributed by atoms with E-state index >= 15 is 0 Å². The van der Waals surface area contributed by atoms with Crippen LogP contribution in [0.2, 0.25) is 0 Å². The zero-order valence-corrected chi connectivity index (χ0v) is 15.9. The van der Waals surface area contributed by atoms with E-state index in [4.69, 9.17) is 9.84 Å². The number of ether oxygens (including phenoxy) is 1. The molecule has 4 aliphatic rings. The molecule has 1 atom stereocenters. The van der Waals surface area contributed by atoms with Gasteiger partial charge in [-0.3, -0.25) is 9.59 Å². The van der Waals surface area contributed by atoms with Gasteiger partial charge in [0.2, 0.25) is 0 Å². The van der Waals surface area contributed by atoms with Gasteiger partial charge in [0.15, 0.2) is 5.78 Å². The fourth-order valence-electron chi connectivity index (χ4n) is 4.83. The Kier molecular flexibility index (Phi) is 3.48. The van der Waals surface area contributed by atoms with Gasteiger partial charge in [-0.1, -0.05) is 26.0 Å². The van der Waals surface area contributed by atoms with Crippen LogP contribution in [0.3, 0.4) is 0 Å². The highest BCUT2D eigenvalue weighted by Gasteiger charge is 2.46. The van der Waals surface area contributed by atoms with E-state index in [1.54, 1.807) is 12.2 Å². The highest BCUT2D eigenvalue weighted by molar-refractivity contribution is 6.02. The lowest BCUT2D eigenvalue weighted by Gasteiger charge is -2.40. The van der Waals surface area contributed by atoms with Crippen LogP contribution in [0.15, 0.2) is 65.1 Å². The Bertz CT molecular complexity index is 1050. The Labute approximate surface area is 163 Å². The minimum absolute atomic E-state index is 0.0258. The fourth-order valence-corrected chi connectivity index (χ4v) is 4.83. The molecule has 5 nitrogen and oxygen atoms in total. The zero-order valence-electron chi connectivity index (χ0n) is 15.9. The molecule has 0 bridgehead atoms. The Morgan fingerprint density at radius 3 is 2.89 bits per heavy atom. The molecule has 1 aliphatic carbocycles. The summed E-state index contributed by atoms with van der Waals surface area (Å²) in [7, 11) is 0. The molecular weight excluding hydrogens is 354 g/mol. The highest BCUT2D eigenvalue weighted by Crippen LogP contribution is 2.53. The first-order chi connectivity index (χ1) is 13.3. The molecule has 0 aromatic heterocycles. The smallest absolute Gasteiger partial charge is 0.307 e. The second kappa shape index (κ2) is 5.71. The van der Waals surface area contributed by atoms with Crippen LogP contribution >= 0.6 is 0 Å². The average Bonchev–Trinajstić information content (AvgIpc) is 2.87. The van der Waals surface area contributed by atoms with Crippen LogP contribution in [-0.2, 0) is 26.2 Å². The number of benzene rings is 1. The minimum Gasteiger partial charge on any atom is -0.485 e. The SMILES string of the molecule is CC1(C)C2=C3C=C4C=CC(=O)C=C4OC3CCN2c2ccc(CC(=O)O)cc21. The summed E-state index contributed by atoms with van der Waals surface area (Å²) in [6.07, 6.45) is 7.90. The van der Waals surface area contributed by atoms with Crippen molar-refractivity contribution < 1.29 is 19.4 Å². The van der Waals surface area contributed by atoms with Gasteiger partial charge in [-0.25, -0.2) is 0 Å². The second-order valence-electron chi connectivity index (χ2n) is 8.24. The molecule has 28 heavy (non-hydrogen) atoms. The molecule has 1 aromatic carbocycles. The van der Waals surface area contributed by atoms with Crippen molar-refractivity contribution in [3.05, 3.63) is 76.2 Å². The Hall–Kier alpha value is -3.08. The second-order valence-corrected chi connectivity index (χ2v) is 8.24. The lowest BCUT2D eigenvalue weighted by atomic mass is 9.78. The number of allylic oxidation sites excluding steroid dienone is 4. The number of rotatable bonds is 2. The van der Waals surface area contributed by atoms with Crippen molar-refractivity contribution >= 4 is 17.4 Å². The Balaban J connectivity index is 1.66. The van der Waals surface area contributed by atoms with Gasteiger partial charge in [0, 0.05) is 47.0 Å². The molecule has 5 heteroatoms. The first kappa shape index (κ1) is 17.0. The lowest BCUT2D eigenvalue weighted by molar-refractivity contribution is -0.136. The molecule has 3 heterocycles. The van der Waals surface area contributed by atoms with E-state index < -0.39 is 5.97 Å². The number of anilines is 1. The average molecular weight is 375 g/mol. The van der Waals surface area contributed by atoms with Crippen LogP contribution < -0.4 is 4.90 Å². The number of carbonyl (C=O) groups is 2.